The van der Waals surface area contributed by atoms with E-state index in [1.54, 1.807) is 0 Å². The van der Waals surface area contributed by atoms with Gasteiger partial charge in [-0.1, -0.05) is 6.92 Å². The second kappa shape index (κ2) is 5.53. The molecule has 0 aromatic heterocycles. The number of carbonyl (C=O) groups excluding carboxylic acids is 1. The number of likely N-dealkylation sites (tertiary alicyclic amines) is 1. The van der Waals surface area contributed by atoms with Gasteiger partial charge in [0.15, 0.2) is 0 Å². The number of hydrogen-bond acceptors (Lipinski definition) is 2. The van der Waals surface area contributed by atoms with Crippen LogP contribution in [0.5, 0.6) is 0 Å². The van der Waals surface area contributed by atoms with Gasteiger partial charge in [-0.2, -0.15) is 11.8 Å². The van der Waals surface area contributed by atoms with Gasteiger partial charge >= 0.3 is 0 Å². The van der Waals surface area contributed by atoms with E-state index in [1.165, 1.54) is 19.3 Å². The van der Waals surface area contributed by atoms with Gasteiger partial charge in [0.25, 0.3) is 0 Å². The van der Waals surface area contributed by atoms with Crippen LogP contribution in [0.1, 0.15) is 32.6 Å². The third-order valence-electron chi connectivity index (χ3n) is 2.66. The molecule has 0 N–H and O–H groups in total. The Kier molecular flexibility index (Phi) is 4.64. The van der Waals surface area contributed by atoms with Crippen LogP contribution < -0.4 is 0 Å². The molecule has 2 nitrogen and oxygen atoms in total. The molecule has 13 heavy (non-hydrogen) atoms. The molecule has 1 saturated heterocycles. The average Bonchev–Trinajstić information content (AvgIpc) is 2.41. The maximum absolute atomic E-state index is 11.4. The Bertz CT molecular complexity index is 172. The van der Waals surface area contributed by atoms with E-state index in [4.69, 9.17) is 0 Å². The van der Waals surface area contributed by atoms with Gasteiger partial charge in [-0.05, 0) is 25.5 Å². The van der Waals surface area contributed by atoms with Gasteiger partial charge < -0.3 is 4.90 Å². The van der Waals surface area contributed by atoms with Gasteiger partial charge in [-0.15, -0.1) is 0 Å². The second-order valence-corrected chi connectivity index (χ2v) is 4.66. The van der Waals surface area contributed by atoms with E-state index < -0.39 is 0 Å². The fraction of sp³-hybridized carbons (Fsp3) is 0.900. The summed E-state index contributed by atoms with van der Waals surface area (Å²) in [5.74, 6) is 0.321. The van der Waals surface area contributed by atoms with Crippen molar-refractivity contribution in [2.45, 2.75) is 37.9 Å². The molecule has 3 heteroatoms. The van der Waals surface area contributed by atoms with Gasteiger partial charge in [-0.25, -0.2) is 0 Å². The van der Waals surface area contributed by atoms with Crippen LogP contribution in [0.4, 0.5) is 0 Å². The van der Waals surface area contributed by atoms with E-state index in [1.807, 2.05) is 23.6 Å². The van der Waals surface area contributed by atoms with Crippen molar-refractivity contribution in [2.24, 2.45) is 0 Å². The number of rotatable bonds is 2. The molecule has 0 spiro atoms. The first-order chi connectivity index (χ1) is 6.27. The molecule has 0 aromatic rings. The Morgan fingerprint density at radius 2 is 2.23 bits per heavy atom. The normalized spacial score (nSPS) is 24.2. The minimum absolute atomic E-state index is 0.321. The van der Waals surface area contributed by atoms with Crippen LogP contribution in [0.25, 0.3) is 0 Å². The van der Waals surface area contributed by atoms with Crippen molar-refractivity contribution in [3.8, 4) is 0 Å². The highest BCUT2D eigenvalue weighted by atomic mass is 32.2. The van der Waals surface area contributed by atoms with Crippen LogP contribution in [0.3, 0.4) is 0 Å². The van der Waals surface area contributed by atoms with Crippen molar-refractivity contribution in [3.63, 3.8) is 0 Å². The number of hydrogen-bond donors (Lipinski definition) is 0. The number of thioether (sulfide) groups is 1. The topological polar surface area (TPSA) is 20.3 Å². The SMILES string of the molecule is CCC(=O)N1CCCC(SC)CC1. The summed E-state index contributed by atoms with van der Waals surface area (Å²) in [5, 5.41) is 0.773. The predicted molar refractivity (Wildman–Crippen MR) is 58.0 cm³/mol. The smallest absolute Gasteiger partial charge is 0.222 e. The van der Waals surface area contributed by atoms with Crippen molar-refractivity contribution in [1.82, 2.24) is 4.90 Å². The molecule has 0 saturated carbocycles. The quantitative estimate of drug-likeness (QED) is 0.682. The molecule has 1 heterocycles. The van der Waals surface area contributed by atoms with Crippen molar-refractivity contribution >= 4 is 17.7 Å². The van der Waals surface area contributed by atoms with Gasteiger partial charge in [0, 0.05) is 24.8 Å². The Labute approximate surface area is 85.1 Å². The summed E-state index contributed by atoms with van der Waals surface area (Å²) < 4.78 is 0. The van der Waals surface area contributed by atoms with E-state index in [0.717, 1.165) is 18.3 Å². The van der Waals surface area contributed by atoms with Gasteiger partial charge in [0.05, 0.1) is 0 Å². The van der Waals surface area contributed by atoms with Crippen LogP contribution >= 0.6 is 11.8 Å². The third kappa shape index (κ3) is 3.22. The lowest BCUT2D eigenvalue weighted by Crippen LogP contribution is -2.31. The molecule has 1 rings (SSSR count). The highest BCUT2D eigenvalue weighted by Crippen LogP contribution is 2.21. The van der Waals surface area contributed by atoms with Gasteiger partial charge in [0.1, 0.15) is 0 Å². The van der Waals surface area contributed by atoms with Crippen LogP contribution in [-0.4, -0.2) is 35.4 Å². The summed E-state index contributed by atoms with van der Waals surface area (Å²) >= 11 is 1.94. The molecular formula is C10H19NOS. The van der Waals surface area contributed by atoms with Crippen LogP contribution in [0, 0.1) is 0 Å². The van der Waals surface area contributed by atoms with E-state index in [-0.39, 0.29) is 0 Å². The Morgan fingerprint density at radius 3 is 2.85 bits per heavy atom. The molecule has 1 fully saturated rings. The monoisotopic (exact) mass is 201 g/mol. The molecule has 1 unspecified atom stereocenters. The average molecular weight is 201 g/mol. The maximum Gasteiger partial charge on any atom is 0.222 e. The van der Waals surface area contributed by atoms with E-state index in [2.05, 4.69) is 6.26 Å². The Morgan fingerprint density at radius 1 is 1.46 bits per heavy atom. The number of nitrogens with zero attached hydrogens (tertiary/aromatic N) is 1. The molecule has 1 aliphatic heterocycles. The molecular weight excluding hydrogens is 182 g/mol. The largest absolute Gasteiger partial charge is 0.343 e. The molecule has 76 valence electrons. The summed E-state index contributed by atoms with van der Waals surface area (Å²) in [6.07, 6.45) is 6.45. The summed E-state index contributed by atoms with van der Waals surface area (Å²) in [6.45, 7) is 3.89. The van der Waals surface area contributed by atoms with Crippen LogP contribution in [0.15, 0.2) is 0 Å². The standard InChI is InChI=1S/C10H19NOS/c1-3-10(12)11-7-4-5-9(13-2)6-8-11/h9H,3-8H2,1-2H3. The molecule has 1 atom stereocenters. The summed E-state index contributed by atoms with van der Waals surface area (Å²) in [6, 6.07) is 0. The summed E-state index contributed by atoms with van der Waals surface area (Å²) in [5.41, 5.74) is 0. The van der Waals surface area contributed by atoms with E-state index in [0.29, 0.717) is 12.3 Å². The van der Waals surface area contributed by atoms with Crippen molar-refractivity contribution in [1.29, 1.82) is 0 Å². The summed E-state index contributed by atoms with van der Waals surface area (Å²) in [4.78, 5) is 13.5. The fourth-order valence-corrected chi connectivity index (χ4v) is 2.52. The zero-order valence-corrected chi connectivity index (χ0v) is 9.40. The number of carbonyl (C=O) groups is 1. The lowest BCUT2D eigenvalue weighted by molar-refractivity contribution is -0.130. The number of amides is 1. The molecule has 0 aromatic carbocycles. The fourth-order valence-electron chi connectivity index (χ4n) is 1.77. The highest BCUT2D eigenvalue weighted by Gasteiger charge is 2.18. The second-order valence-electron chi connectivity index (χ2n) is 3.52. The van der Waals surface area contributed by atoms with Crippen LogP contribution in [0.2, 0.25) is 0 Å². The van der Waals surface area contributed by atoms with E-state index in [9.17, 15) is 4.79 Å². The van der Waals surface area contributed by atoms with Gasteiger partial charge in [0.2, 0.25) is 5.91 Å². The zero-order valence-electron chi connectivity index (χ0n) is 8.58. The summed E-state index contributed by atoms with van der Waals surface area (Å²) in [7, 11) is 0. The third-order valence-corrected chi connectivity index (χ3v) is 3.80. The molecule has 1 amide bonds. The maximum atomic E-state index is 11.4. The molecule has 0 radical (unpaired) electrons. The first-order valence-corrected chi connectivity index (χ1v) is 6.37. The lowest BCUT2D eigenvalue weighted by atomic mass is 10.2. The molecule has 0 aliphatic carbocycles. The molecule has 1 aliphatic rings. The lowest BCUT2D eigenvalue weighted by Gasteiger charge is -2.19. The van der Waals surface area contributed by atoms with Crippen molar-refractivity contribution in [3.05, 3.63) is 0 Å². The minimum Gasteiger partial charge on any atom is -0.343 e. The van der Waals surface area contributed by atoms with Crippen LogP contribution in [-0.2, 0) is 4.79 Å². The zero-order chi connectivity index (χ0) is 9.68. The Balaban J connectivity index is 2.40. The van der Waals surface area contributed by atoms with Crippen molar-refractivity contribution in [2.75, 3.05) is 19.3 Å². The van der Waals surface area contributed by atoms with Crippen molar-refractivity contribution < 1.29 is 4.79 Å². The minimum atomic E-state index is 0.321. The predicted octanol–water partition coefficient (Wildman–Crippen LogP) is 2.14. The first-order valence-electron chi connectivity index (χ1n) is 5.08. The molecule has 0 bridgehead atoms. The van der Waals surface area contributed by atoms with E-state index >= 15 is 0 Å². The van der Waals surface area contributed by atoms with Gasteiger partial charge in [-0.3, -0.25) is 4.79 Å². The first kappa shape index (κ1) is 10.9. The Hall–Kier alpha value is -0.180. The highest BCUT2D eigenvalue weighted by molar-refractivity contribution is 7.99.